The normalized spacial score (nSPS) is 17.4. The van der Waals surface area contributed by atoms with Crippen molar-refractivity contribution in [3.63, 3.8) is 0 Å². The minimum Gasteiger partial charge on any atom is -0.349 e. The molecular weight excluding hydrogens is 451 g/mol. The molecule has 0 aromatic heterocycles. The molecule has 0 unspecified atom stereocenters. The second-order valence-corrected chi connectivity index (χ2v) is 9.50. The summed E-state index contributed by atoms with van der Waals surface area (Å²) in [5.41, 5.74) is 2.38. The van der Waals surface area contributed by atoms with Gasteiger partial charge >= 0.3 is 0 Å². The minimum atomic E-state index is -0.548. The third kappa shape index (κ3) is 5.91. The van der Waals surface area contributed by atoms with Gasteiger partial charge in [0, 0.05) is 37.4 Å². The number of thiocarbonyl (C=S) groups is 1. The number of carbonyl (C=O) groups excluding carboxylic acids is 2. The molecule has 2 aliphatic heterocycles. The first kappa shape index (κ1) is 24.1. The molecular formula is C26H31FN4O2S. The average molecular weight is 483 g/mol. The molecule has 0 saturated carbocycles. The third-order valence-electron chi connectivity index (χ3n) is 6.68. The predicted molar refractivity (Wildman–Crippen MR) is 135 cm³/mol. The maximum Gasteiger partial charge on any atom is 0.251 e. The van der Waals surface area contributed by atoms with Crippen LogP contribution in [0.4, 0.5) is 10.1 Å². The van der Waals surface area contributed by atoms with Crippen LogP contribution in [0.25, 0.3) is 0 Å². The first-order chi connectivity index (χ1) is 16.4. The Morgan fingerprint density at radius 2 is 1.56 bits per heavy atom. The highest BCUT2D eigenvalue weighted by Crippen LogP contribution is 2.25. The summed E-state index contributed by atoms with van der Waals surface area (Å²) in [6.07, 6.45) is 3.49. The molecule has 0 spiro atoms. The van der Waals surface area contributed by atoms with E-state index in [1.165, 1.54) is 12.1 Å². The molecule has 180 valence electrons. The van der Waals surface area contributed by atoms with Crippen molar-refractivity contribution in [2.45, 2.75) is 38.6 Å². The number of carbonyl (C=O) groups is 2. The van der Waals surface area contributed by atoms with Crippen LogP contribution in [0.15, 0.2) is 48.5 Å². The molecule has 0 aliphatic carbocycles. The van der Waals surface area contributed by atoms with Crippen LogP contribution >= 0.6 is 12.2 Å². The number of piperidine rings is 1. The van der Waals surface area contributed by atoms with Gasteiger partial charge in [-0.2, -0.15) is 0 Å². The number of benzene rings is 2. The Hall–Kier alpha value is -3.00. The molecule has 2 N–H and O–H groups in total. The monoisotopic (exact) mass is 482 g/mol. The van der Waals surface area contributed by atoms with Gasteiger partial charge in [-0.15, -0.1) is 0 Å². The van der Waals surface area contributed by atoms with Gasteiger partial charge in [-0.3, -0.25) is 9.59 Å². The van der Waals surface area contributed by atoms with E-state index in [-0.39, 0.29) is 23.5 Å². The summed E-state index contributed by atoms with van der Waals surface area (Å²) in [7, 11) is 0. The van der Waals surface area contributed by atoms with Gasteiger partial charge in [0.1, 0.15) is 11.9 Å². The fourth-order valence-electron chi connectivity index (χ4n) is 4.62. The van der Waals surface area contributed by atoms with Gasteiger partial charge < -0.3 is 20.4 Å². The van der Waals surface area contributed by atoms with Crippen LogP contribution in [0.1, 0.15) is 41.6 Å². The number of likely N-dealkylation sites (tertiary alicyclic amines) is 2. The number of nitrogens with zero attached hydrogens (tertiary/aromatic N) is 2. The van der Waals surface area contributed by atoms with Crippen molar-refractivity contribution in [1.82, 2.24) is 15.1 Å². The standard InChI is InChI=1S/C26H31FN4O2S/c1-18-4-6-20(7-5-18)24(32)29-23(25(33)30-14-2-3-15-30)19-12-16-31(17-13-19)26(34)28-22-10-8-21(27)9-11-22/h4-11,19,23H,2-3,12-17H2,1H3,(H,28,34)(H,29,32)/t23-/m0/s1. The Morgan fingerprint density at radius 3 is 2.18 bits per heavy atom. The maximum atomic E-state index is 13.4. The Bertz CT molecular complexity index is 1010. The summed E-state index contributed by atoms with van der Waals surface area (Å²) in [6.45, 7) is 4.84. The zero-order chi connectivity index (χ0) is 24.1. The van der Waals surface area contributed by atoms with Crippen molar-refractivity contribution in [2.75, 3.05) is 31.5 Å². The number of anilines is 1. The Morgan fingerprint density at radius 1 is 0.941 bits per heavy atom. The first-order valence-corrected chi connectivity index (χ1v) is 12.3. The van der Waals surface area contributed by atoms with E-state index >= 15 is 0 Å². The average Bonchev–Trinajstić information content (AvgIpc) is 3.39. The van der Waals surface area contributed by atoms with Gasteiger partial charge in [-0.1, -0.05) is 17.7 Å². The van der Waals surface area contributed by atoms with Gasteiger partial charge in [-0.05, 0) is 87.1 Å². The first-order valence-electron chi connectivity index (χ1n) is 11.9. The van der Waals surface area contributed by atoms with Crippen LogP contribution in [0, 0.1) is 18.7 Å². The largest absolute Gasteiger partial charge is 0.349 e. The van der Waals surface area contributed by atoms with E-state index in [9.17, 15) is 14.0 Å². The molecule has 2 aromatic rings. The number of hydrogen-bond acceptors (Lipinski definition) is 3. The Labute approximate surface area is 205 Å². The number of rotatable bonds is 5. The fourth-order valence-corrected chi connectivity index (χ4v) is 4.92. The number of hydrogen-bond donors (Lipinski definition) is 2. The van der Waals surface area contributed by atoms with E-state index in [1.807, 2.05) is 24.0 Å². The topological polar surface area (TPSA) is 64.7 Å². The molecule has 2 amide bonds. The maximum absolute atomic E-state index is 13.4. The molecule has 2 aromatic carbocycles. The molecule has 6 nitrogen and oxygen atoms in total. The van der Waals surface area contributed by atoms with Crippen LogP contribution in [0.3, 0.4) is 0 Å². The predicted octanol–water partition coefficient (Wildman–Crippen LogP) is 3.96. The van der Waals surface area contributed by atoms with Crippen molar-refractivity contribution in [3.8, 4) is 0 Å². The number of aryl methyl sites for hydroxylation is 1. The SMILES string of the molecule is Cc1ccc(C(=O)N[C@H](C(=O)N2CCCC2)C2CCN(C(=S)Nc3ccc(F)cc3)CC2)cc1. The highest BCUT2D eigenvalue weighted by atomic mass is 32.1. The number of amides is 2. The molecule has 0 radical (unpaired) electrons. The van der Waals surface area contributed by atoms with Gasteiger partial charge in [0.2, 0.25) is 5.91 Å². The van der Waals surface area contributed by atoms with E-state index in [0.29, 0.717) is 23.8 Å². The van der Waals surface area contributed by atoms with E-state index in [1.54, 1.807) is 24.3 Å². The molecule has 1 atom stereocenters. The summed E-state index contributed by atoms with van der Waals surface area (Å²) in [5.74, 6) is -0.456. The minimum absolute atomic E-state index is 0.0171. The smallest absolute Gasteiger partial charge is 0.251 e. The second-order valence-electron chi connectivity index (χ2n) is 9.11. The summed E-state index contributed by atoms with van der Waals surface area (Å²) >= 11 is 5.55. The lowest BCUT2D eigenvalue weighted by Crippen LogP contribution is -2.54. The zero-order valence-corrected chi connectivity index (χ0v) is 20.2. The van der Waals surface area contributed by atoms with Crippen LogP contribution in [0.2, 0.25) is 0 Å². The van der Waals surface area contributed by atoms with E-state index in [4.69, 9.17) is 12.2 Å². The molecule has 2 fully saturated rings. The molecule has 8 heteroatoms. The van der Waals surface area contributed by atoms with Crippen molar-refractivity contribution < 1.29 is 14.0 Å². The van der Waals surface area contributed by atoms with E-state index in [2.05, 4.69) is 15.5 Å². The summed E-state index contributed by atoms with van der Waals surface area (Å²) in [6, 6.07) is 12.9. The Kier molecular flexibility index (Phi) is 7.77. The third-order valence-corrected chi connectivity index (χ3v) is 7.04. The summed E-state index contributed by atoms with van der Waals surface area (Å²) < 4.78 is 13.2. The molecule has 2 saturated heterocycles. The van der Waals surface area contributed by atoms with Crippen molar-refractivity contribution >= 4 is 34.8 Å². The van der Waals surface area contributed by atoms with Crippen molar-refractivity contribution in [1.29, 1.82) is 0 Å². The molecule has 34 heavy (non-hydrogen) atoms. The van der Waals surface area contributed by atoms with Gasteiger partial charge in [0.15, 0.2) is 5.11 Å². The quantitative estimate of drug-likeness (QED) is 0.632. The molecule has 2 heterocycles. The van der Waals surface area contributed by atoms with Crippen LogP contribution < -0.4 is 10.6 Å². The molecule has 4 rings (SSSR count). The van der Waals surface area contributed by atoms with Crippen LogP contribution in [-0.2, 0) is 4.79 Å². The number of nitrogens with one attached hydrogen (secondary N) is 2. The van der Waals surface area contributed by atoms with Crippen LogP contribution in [0.5, 0.6) is 0 Å². The second kappa shape index (κ2) is 11.0. The van der Waals surface area contributed by atoms with Crippen molar-refractivity contribution in [2.24, 2.45) is 5.92 Å². The molecule has 2 aliphatic rings. The lowest BCUT2D eigenvalue weighted by molar-refractivity contribution is -0.134. The molecule has 0 bridgehead atoms. The van der Waals surface area contributed by atoms with Crippen molar-refractivity contribution in [3.05, 3.63) is 65.5 Å². The fraction of sp³-hybridized carbons (Fsp3) is 0.423. The number of halogens is 1. The van der Waals surface area contributed by atoms with Gasteiger partial charge in [0.05, 0.1) is 0 Å². The van der Waals surface area contributed by atoms with E-state index in [0.717, 1.165) is 50.0 Å². The van der Waals surface area contributed by atoms with Gasteiger partial charge in [0.25, 0.3) is 5.91 Å². The Balaban J connectivity index is 1.40. The lowest BCUT2D eigenvalue weighted by atomic mass is 9.88. The van der Waals surface area contributed by atoms with Crippen LogP contribution in [-0.4, -0.2) is 58.9 Å². The highest BCUT2D eigenvalue weighted by Gasteiger charge is 2.36. The summed E-state index contributed by atoms with van der Waals surface area (Å²) in [4.78, 5) is 30.3. The summed E-state index contributed by atoms with van der Waals surface area (Å²) in [5, 5.41) is 6.79. The van der Waals surface area contributed by atoms with Gasteiger partial charge in [-0.25, -0.2) is 4.39 Å². The highest BCUT2D eigenvalue weighted by molar-refractivity contribution is 7.80. The zero-order valence-electron chi connectivity index (χ0n) is 19.4. The van der Waals surface area contributed by atoms with E-state index < -0.39 is 6.04 Å². The lowest BCUT2D eigenvalue weighted by Gasteiger charge is -2.38.